The van der Waals surface area contributed by atoms with Gasteiger partial charge in [0.25, 0.3) is 0 Å². The highest BCUT2D eigenvalue weighted by Crippen LogP contribution is 2.42. The Kier molecular flexibility index (Phi) is 3.53. The molecule has 0 aromatic heterocycles. The van der Waals surface area contributed by atoms with Crippen LogP contribution in [0.1, 0.15) is 36.2 Å². The Morgan fingerprint density at radius 2 is 1.83 bits per heavy atom. The van der Waals surface area contributed by atoms with Gasteiger partial charge in [-0.2, -0.15) is 0 Å². The summed E-state index contributed by atoms with van der Waals surface area (Å²) in [6, 6.07) is 13.9. The second-order valence-electron chi connectivity index (χ2n) is 6.02. The molecule has 0 radical (unpaired) electrons. The number of benzene rings is 2. The van der Waals surface area contributed by atoms with E-state index in [4.69, 9.17) is 4.74 Å². The molecular formula is C20H20N2O2. The normalized spacial score (nSPS) is 15.0. The third kappa shape index (κ3) is 2.26. The van der Waals surface area contributed by atoms with E-state index in [-0.39, 0.29) is 5.78 Å². The van der Waals surface area contributed by atoms with Crippen molar-refractivity contribution in [1.29, 1.82) is 0 Å². The molecule has 0 atom stereocenters. The van der Waals surface area contributed by atoms with Gasteiger partial charge in [-0.3, -0.25) is 4.79 Å². The van der Waals surface area contributed by atoms with Crippen molar-refractivity contribution in [2.75, 3.05) is 23.3 Å². The Bertz CT molecular complexity index is 850. The molecule has 4 rings (SSSR count). The molecule has 1 aliphatic heterocycles. The molecule has 2 aromatic rings. The topological polar surface area (TPSA) is 41.6 Å². The SMILES string of the molecule is CCN(CC)c1ccc2c(c1)OC1=C(N2)c2ccccc2C(=O)C1. The third-order valence-electron chi connectivity index (χ3n) is 4.68. The van der Waals surface area contributed by atoms with E-state index in [0.717, 1.165) is 47.0 Å². The van der Waals surface area contributed by atoms with Gasteiger partial charge in [-0.1, -0.05) is 24.3 Å². The van der Waals surface area contributed by atoms with Crippen LogP contribution in [0.2, 0.25) is 0 Å². The highest BCUT2D eigenvalue weighted by molar-refractivity contribution is 6.07. The van der Waals surface area contributed by atoms with Gasteiger partial charge < -0.3 is 15.0 Å². The highest BCUT2D eigenvalue weighted by atomic mass is 16.5. The summed E-state index contributed by atoms with van der Waals surface area (Å²) in [5.74, 6) is 1.60. The summed E-state index contributed by atoms with van der Waals surface area (Å²) in [6.45, 7) is 6.17. The number of carbonyl (C=O) groups is 1. The van der Waals surface area contributed by atoms with E-state index in [9.17, 15) is 4.79 Å². The first-order valence-electron chi connectivity index (χ1n) is 8.41. The van der Waals surface area contributed by atoms with E-state index < -0.39 is 0 Å². The lowest BCUT2D eigenvalue weighted by molar-refractivity contribution is 0.0979. The maximum Gasteiger partial charge on any atom is 0.171 e. The van der Waals surface area contributed by atoms with Crippen LogP contribution in [-0.4, -0.2) is 18.9 Å². The predicted octanol–water partition coefficient (Wildman–Crippen LogP) is 4.29. The summed E-state index contributed by atoms with van der Waals surface area (Å²) in [4.78, 5) is 14.6. The Morgan fingerprint density at radius 3 is 2.58 bits per heavy atom. The van der Waals surface area contributed by atoms with Crippen molar-refractivity contribution in [3.8, 4) is 5.75 Å². The number of nitrogens with zero attached hydrogens (tertiary/aromatic N) is 1. The molecule has 0 fully saturated rings. The molecular weight excluding hydrogens is 300 g/mol. The van der Waals surface area contributed by atoms with Crippen LogP contribution in [-0.2, 0) is 0 Å². The van der Waals surface area contributed by atoms with Gasteiger partial charge in [0, 0.05) is 36.0 Å². The van der Waals surface area contributed by atoms with Gasteiger partial charge in [0.1, 0.15) is 5.76 Å². The number of nitrogens with one attached hydrogen (secondary N) is 1. The third-order valence-corrected chi connectivity index (χ3v) is 4.68. The van der Waals surface area contributed by atoms with Gasteiger partial charge in [-0.05, 0) is 26.0 Å². The summed E-state index contributed by atoms with van der Waals surface area (Å²) in [6.07, 6.45) is 0.300. The van der Waals surface area contributed by atoms with Crippen molar-refractivity contribution in [3.05, 3.63) is 59.4 Å². The number of carbonyl (C=O) groups excluding carboxylic acids is 1. The van der Waals surface area contributed by atoms with Crippen LogP contribution in [0, 0.1) is 0 Å². The van der Waals surface area contributed by atoms with E-state index in [1.807, 2.05) is 36.4 Å². The number of hydrogen-bond acceptors (Lipinski definition) is 4. The highest BCUT2D eigenvalue weighted by Gasteiger charge is 2.30. The molecule has 0 saturated carbocycles. The Labute approximate surface area is 141 Å². The molecule has 24 heavy (non-hydrogen) atoms. The van der Waals surface area contributed by atoms with Crippen molar-refractivity contribution < 1.29 is 9.53 Å². The number of hydrogen-bond donors (Lipinski definition) is 1. The summed E-state index contributed by atoms with van der Waals surface area (Å²) >= 11 is 0. The van der Waals surface area contributed by atoms with Crippen LogP contribution in [0.25, 0.3) is 5.70 Å². The molecule has 2 aliphatic rings. The number of ketones is 1. The molecule has 0 spiro atoms. The van der Waals surface area contributed by atoms with Gasteiger partial charge in [0.2, 0.25) is 0 Å². The molecule has 0 unspecified atom stereocenters. The first-order valence-corrected chi connectivity index (χ1v) is 8.41. The molecule has 0 saturated heterocycles. The van der Waals surface area contributed by atoms with Crippen LogP contribution < -0.4 is 15.0 Å². The maximum atomic E-state index is 12.4. The van der Waals surface area contributed by atoms with Crippen LogP contribution >= 0.6 is 0 Å². The van der Waals surface area contributed by atoms with Crippen molar-refractivity contribution in [3.63, 3.8) is 0 Å². The summed E-state index contributed by atoms with van der Waals surface area (Å²) in [5, 5.41) is 3.46. The molecule has 122 valence electrons. The number of rotatable bonds is 3. The number of anilines is 2. The lowest BCUT2D eigenvalue weighted by atomic mass is 9.91. The molecule has 1 aliphatic carbocycles. The second kappa shape index (κ2) is 5.71. The number of Topliss-reactive ketones (excluding diaryl/α,β-unsaturated/α-hetero) is 1. The fourth-order valence-corrected chi connectivity index (χ4v) is 3.40. The van der Waals surface area contributed by atoms with Gasteiger partial charge in [-0.15, -0.1) is 0 Å². The predicted molar refractivity (Wildman–Crippen MR) is 96.6 cm³/mol. The summed E-state index contributed by atoms with van der Waals surface area (Å²) in [5.41, 5.74) is 4.66. The van der Waals surface area contributed by atoms with E-state index in [2.05, 4.69) is 30.1 Å². The minimum Gasteiger partial charge on any atom is -0.457 e. The lowest BCUT2D eigenvalue weighted by Gasteiger charge is -2.30. The van der Waals surface area contributed by atoms with Crippen molar-refractivity contribution >= 4 is 22.9 Å². The van der Waals surface area contributed by atoms with Gasteiger partial charge in [-0.25, -0.2) is 0 Å². The van der Waals surface area contributed by atoms with E-state index >= 15 is 0 Å². The van der Waals surface area contributed by atoms with Crippen molar-refractivity contribution in [2.24, 2.45) is 0 Å². The quantitative estimate of drug-likeness (QED) is 0.916. The zero-order valence-electron chi connectivity index (χ0n) is 13.9. The summed E-state index contributed by atoms with van der Waals surface area (Å²) < 4.78 is 6.11. The fraction of sp³-hybridized carbons (Fsp3) is 0.250. The van der Waals surface area contributed by atoms with Crippen LogP contribution in [0.4, 0.5) is 11.4 Å². The monoisotopic (exact) mass is 320 g/mol. The number of ether oxygens (including phenoxy) is 1. The Morgan fingerprint density at radius 1 is 1.08 bits per heavy atom. The molecule has 0 bridgehead atoms. The van der Waals surface area contributed by atoms with Gasteiger partial charge in [0.15, 0.2) is 11.5 Å². The molecule has 0 amide bonds. The van der Waals surface area contributed by atoms with Crippen LogP contribution in [0.5, 0.6) is 5.75 Å². The molecule has 1 N–H and O–H groups in total. The fourth-order valence-electron chi connectivity index (χ4n) is 3.40. The largest absolute Gasteiger partial charge is 0.457 e. The van der Waals surface area contributed by atoms with Gasteiger partial charge >= 0.3 is 0 Å². The van der Waals surface area contributed by atoms with Crippen molar-refractivity contribution in [1.82, 2.24) is 0 Å². The number of allylic oxidation sites excluding steroid dienone is 1. The standard InChI is InChI=1S/C20H20N2O2/c1-3-22(4-2)13-9-10-16-18(11-13)24-19-12-17(23)14-7-5-6-8-15(14)20(19)21-16/h5-11,21H,3-4,12H2,1-2H3. The molecule has 1 heterocycles. The smallest absolute Gasteiger partial charge is 0.171 e. The molecule has 4 nitrogen and oxygen atoms in total. The average molecular weight is 320 g/mol. The molecule has 2 aromatic carbocycles. The first kappa shape index (κ1) is 14.8. The van der Waals surface area contributed by atoms with Crippen molar-refractivity contribution in [2.45, 2.75) is 20.3 Å². The Hall–Kier alpha value is -2.75. The average Bonchev–Trinajstić information content (AvgIpc) is 2.62. The van der Waals surface area contributed by atoms with E-state index in [0.29, 0.717) is 12.2 Å². The van der Waals surface area contributed by atoms with E-state index in [1.54, 1.807) is 0 Å². The van der Waals surface area contributed by atoms with Crippen LogP contribution in [0.3, 0.4) is 0 Å². The minimum atomic E-state index is 0.106. The molecule has 4 heteroatoms. The van der Waals surface area contributed by atoms with E-state index in [1.165, 1.54) is 0 Å². The van der Waals surface area contributed by atoms with Crippen LogP contribution in [0.15, 0.2) is 48.2 Å². The zero-order chi connectivity index (χ0) is 16.7. The minimum absolute atomic E-state index is 0.106. The lowest BCUT2D eigenvalue weighted by Crippen LogP contribution is -2.24. The first-order chi connectivity index (χ1) is 11.7. The maximum absolute atomic E-state index is 12.4. The number of fused-ring (bicyclic) bond motifs is 3. The zero-order valence-corrected chi connectivity index (χ0v) is 13.9. The van der Waals surface area contributed by atoms with Gasteiger partial charge in [0.05, 0.1) is 17.8 Å². The second-order valence-corrected chi connectivity index (χ2v) is 6.02. The Balaban J connectivity index is 1.74. The summed E-state index contributed by atoms with van der Waals surface area (Å²) in [7, 11) is 0.